The minimum absolute atomic E-state index is 0.0531. The molecule has 4 rings (SSSR count). The van der Waals surface area contributed by atoms with Crippen LogP contribution in [0.4, 0.5) is 4.39 Å². The van der Waals surface area contributed by atoms with E-state index in [1.165, 1.54) is 12.1 Å². The number of hydrogen-bond acceptors (Lipinski definition) is 4. The average molecular weight is 317 g/mol. The summed E-state index contributed by atoms with van der Waals surface area (Å²) in [6.07, 6.45) is 3.24. The fraction of sp³-hybridized carbons (Fsp3) is 0.438. The molecule has 1 saturated heterocycles. The summed E-state index contributed by atoms with van der Waals surface area (Å²) in [7, 11) is 0. The molecule has 1 saturated carbocycles. The maximum Gasteiger partial charge on any atom is 0.439 e. The first kappa shape index (κ1) is 14.2. The van der Waals surface area contributed by atoms with Gasteiger partial charge in [0.1, 0.15) is 5.82 Å². The largest absolute Gasteiger partial charge is 0.439 e. The quantitative estimate of drug-likeness (QED) is 0.917. The fourth-order valence-corrected chi connectivity index (χ4v) is 3.89. The number of likely N-dealkylation sites (tertiary alicyclic amines) is 1. The summed E-state index contributed by atoms with van der Waals surface area (Å²) in [6.45, 7) is 1.17. The zero-order valence-corrected chi connectivity index (χ0v) is 12.4. The lowest BCUT2D eigenvalue weighted by atomic mass is 9.61. The lowest BCUT2D eigenvalue weighted by Crippen LogP contribution is -2.38. The van der Waals surface area contributed by atoms with Crippen LogP contribution < -0.4 is 5.76 Å². The molecule has 1 unspecified atom stereocenters. The molecule has 1 aromatic heterocycles. The lowest BCUT2D eigenvalue weighted by molar-refractivity contribution is 0.0711. The second kappa shape index (κ2) is 5.04. The topological polar surface area (TPSA) is 79.2 Å². The van der Waals surface area contributed by atoms with E-state index in [0.717, 1.165) is 24.8 Å². The van der Waals surface area contributed by atoms with Crippen molar-refractivity contribution in [2.24, 2.45) is 5.41 Å². The van der Waals surface area contributed by atoms with Gasteiger partial charge in [-0.2, -0.15) is 0 Å². The Morgan fingerprint density at radius 3 is 2.65 bits per heavy atom. The molecule has 6 nitrogen and oxygen atoms in total. The summed E-state index contributed by atoms with van der Waals surface area (Å²) in [5.74, 6) is -1.21. The van der Waals surface area contributed by atoms with Crippen LogP contribution in [0, 0.1) is 11.2 Å². The summed E-state index contributed by atoms with van der Waals surface area (Å²) in [5.41, 5.74) is 1.10. The Morgan fingerprint density at radius 1 is 1.35 bits per heavy atom. The molecule has 2 heterocycles. The molecule has 0 bridgehead atoms. The van der Waals surface area contributed by atoms with Gasteiger partial charge in [-0.05, 0) is 41.1 Å². The van der Waals surface area contributed by atoms with Gasteiger partial charge in [0.2, 0.25) is 5.82 Å². The molecule has 0 radical (unpaired) electrons. The van der Waals surface area contributed by atoms with Crippen molar-refractivity contribution in [1.29, 1.82) is 0 Å². The zero-order chi connectivity index (χ0) is 16.0. The Morgan fingerprint density at radius 2 is 2.09 bits per heavy atom. The molecule has 1 aromatic carbocycles. The second-order valence-corrected chi connectivity index (χ2v) is 6.45. The molecule has 120 valence electrons. The zero-order valence-electron chi connectivity index (χ0n) is 12.4. The van der Waals surface area contributed by atoms with Crippen molar-refractivity contribution in [3.63, 3.8) is 0 Å². The Labute approximate surface area is 131 Å². The number of nitrogens with one attached hydrogen (secondary N) is 1. The molecule has 7 heteroatoms. The van der Waals surface area contributed by atoms with Crippen molar-refractivity contribution in [2.45, 2.75) is 25.2 Å². The highest BCUT2D eigenvalue weighted by Crippen LogP contribution is 2.55. The smallest absolute Gasteiger partial charge is 0.335 e. The van der Waals surface area contributed by atoms with Crippen molar-refractivity contribution in [1.82, 2.24) is 15.0 Å². The van der Waals surface area contributed by atoms with Gasteiger partial charge in [0.15, 0.2) is 0 Å². The van der Waals surface area contributed by atoms with Crippen molar-refractivity contribution in [3.8, 4) is 0 Å². The van der Waals surface area contributed by atoms with Gasteiger partial charge in [-0.25, -0.2) is 9.18 Å². The maximum atomic E-state index is 13.2. The van der Waals surface area contributed by atoms with Gasteiger partial charge in [0.25, 0.3) is 5.91 Å². The van der Waals surface area contributed by atoms with Crippen LogP contribution in [0.2, 0.25) is 0 Å². The summed E-state index contributed by atoms with van der Waals surface area (Å²) in [6, 6.07) is 6.51. The van der Waals surface area contributed by atoms with Crippen LogP contribution in [0.3, 0.4) is 0 Å². The van der Waals surface area contributed by atoms with Gasteiger partial charge < -0.3 is 4.90 Å². The fourth-order valence-electron chi connectivity index (χ4n) is 3.89. The first-order valence-corrected chi connectivity index (χ1v) is 7.68. The highest BCUT2D eigenvalue weighted by atomic mass is 19.1. The summed E-state index contributed by atoms with van der Waals surface area (Å²) < 4.78 is 17.6. The SMILES string of the molecule is O=C(c1noc(=O)[nH]1)N1CC(c2ccc(F)cc2)C2(CCC2)C1. The standard InChI is InChI=1S/C16H16FN3O3/c17-11-4-2-10(3-5-11)12-8-20(9-16(12)6-1-7-16)14(21)13-18-15(22)23-19-13/h2-5,12H,1,6-9H2,(H,18,19,22). The molecule has 1 amide bonds. The maximum absolute atomic E-state index is 13.2. The van der Waals surface area contributed by atoms with Gasteiger partial charge in [-0.1, -0.05) is 18.6 Å². The molecule has 1 spiro atoms. The van der Waals surface area contributed by atoms with Crippen molar-refractivity contribution in [3.05, 3.63) is 52.0 Å². The number of hydrogen-bond donors (Lipinski definition) is 1. The highest BCUT2D eigenvalue weighted by Gasteiger charge is 2.52. The third-order valence-electron chi connectivity index (χ3n) is 5.20. The van der Waals surface area contributed by atoms with E-state index < -0.39 is 5.76 Å². The van der Waals surface area contributed by atoms with Crippen LogP contribution in [0.5, 0.6) is 0 Å². The van der Waals surface area contributed by atoms with Crippen LogP contribution >= 0.6 is 0 Å². The molecule has 2 aliphatic rings. The predicted octanol–water partition coefficient (Wildman–Crippen LogP) is 1.91. The molecule has 1 atom stereocenters. The molecular formula is C16H16FN3O3. The Bertz CT molecular complexity index is 791. The van der Waals surface area contributed by atoms with Gasteiger partial charge in [-0.3, -0.25) is 14.3 Å². The van der Waals surface area contributed by atoms with Crippen molar-refractivity contribution in [2.75, 3.05) is 13.1 Å². The predicted molar refractivity (Wildman–Crippen MR) is 78.5 cm³/mol. The number of H-pyrrole nitrogens is 1. The number of amides is 1. The normalized spacial score (nSPS) is 22.3. The van der Waals surface area contributed by atoms with E-state index in [2.05, 4.69) is 14.7 Å². The van der Waals surface area contributed by atoms with Crippen LogP contribution in [0.1, 0.15) is 41.4 Å². The van der Waals surface area contributed by atoms with Crippen LogP contribution in [-0.4, -0.2) is 34.0 Å². The van der Waals surface area contributed by atoms with Crippen molar-refractivity contribution >= 4 is 5.91 Å². The van der Waals surface area contributed by atoms with E-state index in [4.69, 9.17) is 0 Å². The van der Waals surface area contributed by atoms with E-state index in [1.807, 2.05) is 0 Å². The minimum Gasteiger partial charge on any atom is -0.335 e. The Hall–Kier alpha value is -2.44. The molecule has 1 aliphatic heterocycles. The van der Waals surface area contributed by atoms with Crippen LogP contribution in [-0.2, 0) is 0 Å². The molecule has 2 aromatic rings. The third kappa shape index (κ3) is 2.27. The Kier molecular flexibility index (Phi) is 3.11. The molecule has 23 heavy (non-hydrogen) atoms. The second-order valence-electron chi connectivity index (χ2n) is 6.45. The van der Waals surface area contributed by atoms with Crippen LogP contribution in [0.25, 0.3) is 0 Å². The highest BCUT2D eigenvalue weighted by molar-refractivity contribution is 5.90. The lowest BCUT2D eigenvalue weighted by Gasteiger charge is -2.43. The summed E-state index contributed by atoms with van der Waals surface area (Å²) >= 11 is 0. The number of halogens is 1. The third-order valence-corrected chi connectivity index (χ3v) is 5.20. The van der Waals surface area contributed by atoms with E-state index in [9.17, 15) is 14.0 Å². The Balaban J connectivity index is 1.62. The molecule has 2 fully saturated rings. The van der Waals surface area contributed by atoms with E-state index in [0.29, 0.717) is 13.1 Å². The van der Waals surface area contributed by atoms with E-state index >= 15 is 0 Å². The first-order valence-electron chi connectivity index (χ1n) is 7.68. The first-order chi connectivity index (χ1) is 11.1. The molecule has 1 aliphatic carbocycles. The van der Waals surface area contributed by atoms with Gasteiger partial charge in [0.05, 0.1) is 0 Å². The number of carbonyl (C=O) groups excluding carboxylic acids is 1. The summed E-state index contributed by atoms with van der Waals surface area (Å²) in [4.78, 5) is 27.5. The summed E-state index contributed by atoms with van der Waals surface area (Å²) in [5, 5.41) is 3.48. The minimum atomic E-state index is -0.735. The number of nitrogens with zero attached hydrogens (tertiary/aromatic N) is 2. The molecule has 1 N–H and O–H groups in total. The van der Waals surface area contributed by atoms with E-state index in [1.54, 1.807) is 17.0 Å². The van der Waals surface area contributed by atoms with Crippen LogP contribution in [0.15, 0.2) is 33.6 Å². The van der Waals surface area contributed by atoms with Gasteiger partial charge in [0, 0.05) is 19.0 Å². The number of aromatic nitrogens is 2. The number of carbonyl (C=O) groups is 1. The van der Waals surface area contributed by atoms with E-state index in [-0.39, 0.29) is 28.9 Å². The number of rotatable bonds is 2. The molecular weight excluding hydrogens is 301 g/mol. The number of aromatic amines is 1. The average Bonchev–Trinajstić information content (AvgIpc) is 3.11. The number of benzene rings is 1. The van der Waals surface area contributed by atoms with Gasteiger partial charge in [-0.15, -0.1) is 0 Å². The van der Waals surface area contributed by atoms with Crippen molar-refractivity contribution < 1.29 is 13.7 Å². The van der Waals surface area contributed by atoms with Gasteiger partial charge >= 0.3 is 5.76 Å². The monoisotopic (exact) mass is 317 g/mol.